The quantitative estimate of drug-likeness (QED) is 0.299. The lowest BCUT2D eigenvalue weighted by atomic mass is 9.87. The van der Waals surface area contributed by atoms with Gasteiger partial charge in [0.15, 0.2) is 11.5 Å². The fourth-order valence-corrected chi connectivity index (χ4v) is 5.44. The molecule has 0 unspecified atom stereocenters. The Hall–Kier alpha value is -4.64. The first-order chi connectivity index (χ1) is 19.0. The summed E-state index contributed by atoms with van der Waals surface area (Å²) in [5.74, 6) is 0.587. The number of aryl methyl sites for hydroxylation is 2. The van der Waals surface area contributed by atoms with Crippen LogP contribution < -0.4 is 15.0 Å². The Morgan fingerprint density at radius 1 is 0.974 bits per heavy atom. The molecule has 0 saturated carbocycles. The largest absolute Gasteiger partial charge is 0.449 e. The van der Waals surface area contributed by atoms with E-state index in [2.05, 4.69) is 29.6 Å². The van der Waals surface area contributed by atoms with Gasteiger partial charge in [-0.1, -0.05) is 78.4 Å². The van der Waals surface area contributed by atoms with Gasteiger partial charge in [0.2, 0.25) is 0 Å². The molecule has 5 nitrogen and oxygen atoms in total. The molecule has 0 spiro atoms. The summed E-state index contributed by atoms with van der Waals surface area (Å²) < 4.78 is 6.04. The van der Waals surface area contributed by atoms with Crippen molar-refractivity contribution in [2.75, 3.05) is 4.90 Å². The van der Waals surface area contributed by atoms with Gasteiger partial charge in [-0.2, -0.15) is 0 Å². The fraction of sp³-hybridized carbons (Fsp3) is 0.176. The maximum atomic E-state index is 13.5. The first kappa shape index (κ1) is 24.7. The highest BCUT2D eigenvalue weighted by Crippen LogP contribution is 2.36. The minimum Gasteiger partial charge on any atom is -0.449 e. The molecule has 5 heteroatoms. The Morgan fingerprint density at radius 2 is 1.77 bits per heavy atom. The zero-order chi connectivity index (χ0) is 26.8. The summed E-state index contributed by atoms with van der Waals surface area (Å²) in [5, 5.41) is 3.20. The zero-order valence-electron chi connectivity index (χ0n) is 21.9. The van der Waals surface area contributed by atoms with Gasteiger partial charge in [0.05, 0.1) is 18.3 Å². The number of hydrogen-bond acceptors (Lipinski definition) is 3. The Balaban J connectivity index is 1.21. The van der Waals surface area contributed by atoms with Crippen LogP contribution in [-0.2, 0) is 17.8 Å². The topological polar surface area (TPSA) is 58.6 Å². The second-order valence-corrected chi connectivity index (χ2v) is 10.2. The first-order valence-electron chi connectivity index (χ1n) is 13.4. The molecule has 2 amide bonds. The molecule has 0 aromatic heterocycles. The third-order valence-corrected chi connectivity index (χ3v) is 7.40. The minimum atomic E-state index is -0.201. The first-order valence-corrected chi connectivity index (χ1v) is 13.4. The standard InChI is InChI=1S/C34H30N2O3/c1-23-8-6-9-25(20-23)22-36-30-14-4-5-15-31(30)39-32(34(36)38)21-24-16-18-27(19-17-24)33(37)35-29-13-7-11-26-10-2-3-12-28(26)29/h2-6,8-10,12,14-21,29H,7,11,13,22H2,1H3,(H,35,37)/b32-21+/t29-/m1/s1. The van der Waals surface area contributed by atoms with Crippen molar-refractivity contribution in [2.45, 2.75) is 38.8 Å². The smallest absolute Gasteiger partial charge is 0.294 e. The summed E-state index contributed by atoms with van der Waals surface area (Å²) in [7, 11) is 0. The lowest BCUT2D eigenvalue weighted by Crippen LogP contribution is -2.36. The van der Waals surface area contributed by atoms with Gasteiger partial charge in [0.25, 0.3) is 11.8 Å². The highest BCUT2D eigenvalue weighted by Gasteiger charge is 2.30. The van der Waals surface area contributed by atoms with E-state index >= 15 is 0 Å². The number of ether oxygens (including phenoxy) is 1. The normalized spacial score (nSPS) is 17.3. The lowest BCUT2D eigenvalue weighted by molar-refractivity contribution is -0.117. The number of fused-ring (bicyclic) bond motifs is 2. The van der Waals surface area contributed by atoms with E-state index < -0.39 is 0 Å². The number of hydrogen-bond donors (Lipinski definition) is 1. The van der Waals surface area contributed by atoms with E-state index in [-0.39, 0.29) is 23.6 Å². The van der Waals surface area contributed by atoms with E-state index in [0.29, 0.717) is 17.9 Å². The van der Waals surface area contributed by atoms with Gasteiger partial charge in [-0.25, -0.2) is 0 Å². The van der Waals surface area contributed by atoms with E-state index in [4.69, 9.17) is 4.74 Å². The van der Waals surface area contributed by atoms with Crippen molar-refractivity contribution in [3.63, 3.8) is 0 Å². The van der Waals surface area contributed by atoms with Gasteiger partial charge in [0.1, 0.15) is 0 Å². The van der Waals surface area contributed by atoms with Crippen LogP contribution in [0.5, 0.6) is 5.75 Å². The van der Waals surface area contributed by atoms with Gasteiger partial charge >= 0.3 is 0 Å². The molecule has 2 aliphatic rings. The molecule has 1 N–H and O–H groups in total. The minimum absolute atomic E-state index is 0.0250. The molecule has 0 bridgehead atoms. The van der Waals surface area contributed by atoms with E-state index in [1.54, 1.807) is 23.1 Å². The monoisotopic (exact) mass is 514 g/mol. The van der Waals surface area contributed by atoms with Crippen molar-refractivity contribution in [3.8, 4) is 5.75 Å². The summed E-state index contributed by atoms with van der Waals surface area (Å²) >= 11 is 0. The number of carbonyl (C=O) groups is 2. The van der Waals surface area contributed by atoms with Crippen molar-refractivity contribution in [2.24, 2.45) is 0 Å². The predicted molar refractivity (Wildman–Crippen MR) is 153 cm³/mol. The number of carbonyl (C=O) groups excluding carboxylic acids is 2. The van der Waals surface area contributed by atoms with Gasteiger partial charge < -0.3 is 10.1 Å². The van der Waals surface area contributed by atoms with Gasteiger partial charge in [-0.3, -0.25) is 14.5 Å². The molecule has 1 heterocycles. The molecule has 0 saturated heterocycles. The SMILES string of the molecule is Cc1cccc(CN2C(=O)/C(=C\c3ccc(C(=O)N[C@@H]4CCCc5ccccc54)cc3)Oc3ccccc32)c1. The Labute approximate surface area is 228 Å². The Bertz CT molecular complexity index is 1570. The van der Waals surface area contributed by atoms with Crippen LogP contribution in [0.4, 0.5) is 5.69 Å². The molecule has 0 radical (unpaired) electrons. The van der Waals surface area contributed by atoms with Crippen LogP contribution in [-0.4, -0.2) is 11.8 Å². The average molecular weight is 515 g/mol. The molecule has 6 rings (SSSR count). The molecule has 39 heavy (non-hydrogen) atoms. The number of amides is 2. The zero-order valence-corrected chi connectivity index (χ0v) is 21.9. The second kappa shape index (κ2) is 10.6. The summed E-state index contributed by atoms with van der Waals surface area (Å²) in [6.07, 6.45) is 4.79. The number of benzene rings is 4. The molecule has 1 aliphatic carbocycles. The van der Waals surface area contributed by atoms with Crippen molar-refractivity contribution in [3.05, 3.63) is 136 Å². The molecular weight excluding hydrogens is 484 g/mol. The summed E-state index contributed by atoms with van der Waals surface area (Å²) in [4.78, 5) is 28.3. The predicted octanol–water partition coefficient (Wildman–Crippen LogP) is 6.77. The number of rotatable bonds is 5. The average Bonchev–Trinajstić information content (AvgIpc) is 2.96. The van der Waals surface area contributed by atoms with Crippen molar-refractivity contribution in [1.82, 2.24) is 5.32 Å². The molecule has 194 valence electrons. The Morgan fingerprint density at radius 3 is 2.62 bits per heavy atom. The molecular formula is C34H30N2O3. The molecule has 1 atom stereocenters. The highest BCUT2D eigenvalue weighted by molar-refractivity contribution is 6.09. The summed E-state index contributed by atoms with van der Waals surface area (Å²) in [6.45, 7) is 2.49. The summed E-state index contributed by atoms with van der Waals surface area (Å²) in [5.41, 5.74) is 6.84. The van der Waals surface area contributed by atoms with E-state index in [9.17, 15) is 9.59 Å². The van der Waals surface area contributed by atoms with Crippen molar-refractivity contribution in [1.29, 1.82) is 0 Å². The van der Waals surface area contributed by atoms with Crippen LogP contribution in [0.1, 0.15) is 57.1 Å². The molecule has 4 aromatic carbocycles. The van der Waals surface area contributed by atoms with Crippen molar-refractivity contribution >= 4 is 23.6 Å². The summed E-state index contributed by atoms with van der Waals surface area (Å²) in [6, 6.07) is 31.4. The number of para-hydroxylation sites is 2. The van der Waals surface area contributed by atoms with Gasteiger partial charge in [0, 0.05) is 5.56 Å². The second-order valence-electron chi connectivity index (χ2n) is 10.2. The van der Waals surface area contributed by atoms with Crippen LogP contribution in [0.3, 0.4) is 0 Å². The van der Waals surface area contributed by atoms with E-state index in [0.717, 1.165) is 41.6 Å². The fourth-order valence-electron chi connectivity index (χ4n) is 5.44. The molecule has 4 aromatic rings. The van der Waals surface area contributed by atoms with Gasteiger partial charge in [-0.15, -0.1) is 0 Å². The van der Waals surface area contributed by atoms with E-state index in [1.807, 2.05) is 67.6 Å². The lowest BCUT2D eigenvalue weighted by Gasteiger charge is -2.30. The third-order valence-electron chi connectivity index (χ3n) is 7.40. The van der Waals surface area contributed by atoms with Crippen molar-refractivity contribution < 1.29 is 14.3 Å². The van der Waals surface area contributed by atoms with Crippen LogP contribution in [0.25, 0.3) is 6.08 Å². The van der Waals surface area contributed by atoms with Crippen LogP contribution in [0, 0.1) is 6.92 Å². The number of nitrogens with one attached hydrogen (secondary N) is 1. The maximum absolute atomic E-state index is 13.5. The Kier molecular flexibility index (Phi) is 6.72. The third kappa shape index (κ3) is 5.21. The van der Waals surface area contributed by atoms with Crippen LogP contribution in [0.15, 0.2) is 103 Å². The molecule has 1 aliphatic heterocycles. The number of nitrogens with zero attached hydrogens (tertiary/aromatic N) is 1. The highest BCUT2D eigenvalue weighted by atomic mass is 16.5. The van der Waals surface area contributed by atoms with E-state index in [1.165, 1.54) is 11.1 Å². The van der Waals surface area contributed by atoms with Gasteiger partial charge in [-0.05, 0) is 78.8 Å². The maximum Gasteiger partial charge on any atom is 0.294 e. The van der Waals surface area contributed by atoms with Crippen LogP contribution >= 0.6 is 0 Å². The number of anilines is 1. The molecule has 0 fully saturated rings. The van der Waals surface area contributed by atoms with Crippen LogP contribution in [0.2, 0.25) is 0 Å².